The predicted molar refractivity (Wildman–Crippen MR) is 124 cm³/mol. The second-order valence-corrected chi connectivity index (χ2v) is 8.32. The van der Waals surface area contributed by atoms with E-state index in [0.717, 1.165) is 48.6 Å². The SMILES string of the molecule is COc1ccc(Cl)cc1NC(=S)N(Cc1ccc2c(c1)OCO2)CC1CC=CCC1. The Hall–Kier alpha value is -2.44. The summed E-state index contributed by atoms with van der Waals surface area (Å²) in [7, 11) is 1.64. The molecule has 158 valence electrons. The highest BCUT2D eigenvalue weighted by Crippen LogP contribution is 2.33. The van der Waals surface area contributed by atoms with E-state index in [0.29, 0.717) is 28.3 Å². The van der Waals surface area contributed by atoms with Crippen LogP contribution in [0.1, 0.15) is 24.8 Å². The normalized spacial score (nSPS) is 16.9. The third-order valence-corrected chi connectivity index (χ3v) is 5.95. The molecule has 0 amide bonds. The molecule has 7 heteroatoms. The van der Waals surface area contributed by atoms with Gasteiger partial charge in [0.2, 0.25) is 6.79 Å². The van der Waals surface area contributed by atoms with E-state index in [2.05, 4.69) is 28.4 Å². The van der Waals surface area contributed by atoms with Crippen LogP contribution >= 0.6 is 23.8 Å². The number of allylic oxidation sites excluding steroid dienone is 2. The molecular formula is C23H25ClN2O3S. The highest BCUT2D eigenvalue weighted by atomic mass is 35.5. The van der Waals surface area contributed by atoms with Crippen molar-refractivity contribution in [1.29, 1.82) is 0 Å². The first-order valence-corrected chi connectivity index (χ1v) is 10.8. The summed E-state index contributed by atoms with van der Waals surface area (Å²) in [6.07, 6.45) is 7.87. The van der Waals surface area contributed by atoms with E-state index in [9.17, 15) is 0 Å². The monoisotopic (exact) mass is 444 g/mol. The maximum absolute atomic E-state index is 6.19. The maximum atomic E-state index is 6.19. The largest absolute Gasteiger partial charge is 0.495 e. The van der Waals surface area contributed by atoms with Crippen molar-refractivity contribution < 1.29 is 14.2 Å². The number of nitrogens with one attached hydrogen (secondary N) is 1. The second kappa shape index (κ2) is 9.58. The van der Waals surface area contributed by atoms with Gasteiger partial charge in [-0.25, -0.2) is 0 Å². The molecule has 30 heavy (non-hydrogen) atoms. The van der Waals surface area contributed by atoms with E-state index < -0.39 is 0 Å². The van der Waals surface area contributed by atoms with Crippen LogP contribution < -0.4 is 19.5 Å². The van der Waals surface area contributed by atoms with Gasteiger partial charge in [0.25, 0.3) is 0 Å². The van der Waals surface area contributed by atoms with Gasteiger partial charge in [-0.1, -0.05) is 29.8 Å². The number of anilines is 1. The zero-order chi connectivity index (χ0) is 20.9. The Balaban J connectivity index is 1.54. The van der Waals surface area contributed by atoms with E-state index in [1.165, 1.54) is 0 Å². The number of ether oxygens (including phenoxy) is 3. The lowest BCUT2D eigenvalue weighted by Crippen LogP contribution is -2.38. The molecule has 0 fully saturated rings. The van der Waals surface area contributed by atoms with Crippen LogP contribution in [-0.4, -0.2) is 30.5 Å². The minimum Gasteiger partial charge on any atom is -0.495 e. The molecule has 0 bridgehead atoms. The number of methoxy groups -OCH3 is 1. The summed E-state index contributed by atoms with van der Waals surface area (Å²) in [6, 6.07) is 11.5. The number of hydrogen-bond acceptors (Lipinski definition) is 4. The molecule has 0 saturated heterocycles. The lowest BCUT2D eigenvalue weighted by atomic mass is 9.94. The van der Waals surface area contributed by atoms with Crippen LogP contribution in [0.3, 0.4) is 0 Å². The Morgan fingerprint density at radius 2 is 2.07 bits per heavy atom. The third kappa shape index (κ3) is 4.99. The predicted octanol–water partition coefficient (Wildman–Crippen LogP) is 5.63. The molecule has 2 aliphatic rings. The highest BCUT2D eigenvalue weighted by Gasteiger charge is 2.20. The van der Waals surface area contributed by atoms with Crippen molar-refractivity contribution >= 4 is 34.6 Å². The van der Waals surface area contributed by atoms with Crippen LogP contribution in [0.25, 0.3) is 0 Å². The molecule has 0 aromatic heterocycles. The smallest absolute Gasteiger partial charge is 0.231 e. The maximum Gasteiger partial charge on any atom is 0.231 e. The van der Waals surface area contributed by atoms with Gasteiger partial charge in [0.05, 0.1) is 12.8 Å². The van der Waals surface area contributed by atoms with E-state index >= 15 is 0 Å². The van der Waals surface area contributed by atoms with Crippen molar-refractivity contribution in [3.8, 4) is 17.2 Å². The van der Waals surface area contributed by atoms with E-state index in [4.69, 9.17) is 38.0 Å². The molecule has 1 N–H and O–H groups in total. The second-order valence-electron chi connectivity index (χ2n) is 7.49. The Morgan fingerprint density at radius 3 is 2.87 bits per heavy atom. The number of rotatable bonds is 6. The van der Waals surface area contributed by atoms with E-state index in [1.807, 2.05) is 24.3 Å². The molecule has 1 aliphatic carbocycles. The number of nitrogens with zero attached hydrogens (tertiary/aromatic N) is 1. The molecule has 1 atom stereocenters. The molecule has 1 heterocycles. The summed E-state index contributed by atoms with van der Waals surface area (Å²) < 4.78 is 16.4. The van der Waals surface area contributed by atoms with Crippen LogP contribution in [0.5, 0.6) is 17.2 Å². The molecule has 2 aromatic carbocycles. The fourth-order valence-corrected chi connectivity index (χ4v) is 4.21. The summed E-state index contributed by atoms with van der Waals surface area (Å²) in [5.74, 6) is 2.82. The van der Waals surface area contributed by atoms with Gasteiger partial charge in [-0.2, -0.15) is 0 Å². The average molecular weight is 445 g/mol. The molecule has 0 radical (unpaired) electrons. The third-order valence-electron chi connectivity index (χ3n) is 5.36. The molecule has 0 saturated carbocycles. The Bertz CT molecular complexity index is 950. The Kier molecular flexibility index (Phi) is 6.65. The minimum atomic E-state index is 0.269. The highest BCUT2D eigenvalue weighted by molar-refractivity contribution is 7.80. The number of fused-ring (bicyclic) bond motifs is 1. The van der Waals surface area contributed by atoms with Crippen LogP contribution in [0, 0.1) is 5.92 Å². The lowest BCUT2D eigenvalue weighted by Gasteiger charge is -2.31. The molecule has 1 aliphatic heterocycles. The Morgan fingerprint density at radius 1 is 1.20 bits per heavy atom. The van der Waals surface area contributed by atoms with Crippen LogP contribution in [0.2, 0.25) is 5.02 Å². The summed E-state index contributed by atoms with van der Waals surface area (Å²) in [5, 5.41) is 4.61. The fraction of sp³-hybridized carbons (Fsp3) is 0.348. The first kappa shape index (κ1) is 20.8. The van der Waals surface area contributed by atoms with Crippen molar-refractivity contribution in [2.45, 2.75) is 25.8 Å². The summed E-state index contributed by atoms with van der Waals surface area (Å²) >= 11 is 12.0. The topological polar surface area (TPSA) is 43.0 Å². The fourth-order valence-electron chi connectivity index (χ4n) is 3.78. The van der Waals surface area contributed by atoms with Gasteiger partial charge in [0.15, 0.2) is 16.6 Å². The number of hydrogen-bond donors (Lipinski definition) is 1. The first-order valence-electron chi connectivity index (χ1n) is 10.1. The summed E-state index contributed by atoms with van der Waals surface area (Å²) in [4.78, 5) is 2.21. The number of benzene rings is 2. The summed E-state index contributed by atoms with van der Waals surface area (Å²) in [5.41, 5.74) is 1.88. The van der Waals surface area contributed by atoms with Crippen molar-refractivity contribution in [2.75, 3.05) is 25.8 Å². The van der Waals surface area contributed by atoms with Gasteiger partial charge < -0.3 is 24.4 Å². The standard InChI is InChI=1S/C23H25ClN2O3S/c1-27-20-10-8-18(24)12-19(20)25-23(30)26(13-16-5-3-2-4-6-16)14-17-7-9-21-22(11-17)29-15-28-21/h2-3,7-12,16H,4-6,13-15H2,1H3,(H,25,30). The Labute approximate surface area is 187 Å². The van der Waals surface area contributed by atoms with E-state index in [1.54, 1.807) is 13.2 Å². The molecule has 0 spiro atoms. The number of halogens is 1. The van der Waals surface area contributed by atoms with Gasteiger partial charge >= 0.3 is 0 Å². The lowest BCUT2D eigenvalue weighted by molar-refractivity contribution is 0.174. The quantitative estimate of drug-likeness (QED) is 0.460. The minimum absolute atomic E-state index is 0.269. The zero-order valence-electron chi connectivity index (χ0n) is 16.9. The van der Waals surface area contributed by atoms with Gasteiger partial charge in [-0.3, -0.25) is 0 Å². The van der Waals surface area contributed by atoms with Crippen LogP contribution in [0.15, 0.2) is 48.6 Å². The molecule has 5 nitrogen and oxygen atoms in total. The van der Waals surface area contributed by atoms with Crippen molar-refractivity contribution in [2.24, 2.45) is 5.92 Å². The van der Waals surface area contributed by atoms with Gasteiger partial charge in [0, 0.05) is 18.1 Å². The van der Waals surface area contributed by atoms with Crippen LogP contribution in [0.4, 0.5) is 5.69 Å². The molecular weight excluding hydrogens is 420 g/mol. The van der Waals surface area contributed by atoms with Gasteiger partial charge in [-0.15, -0.1) is 0 Å². The van der Waals surface area contributed by atoms with Gasteiger partial charge in [0.1, 0.15) is 5.75 Å². The van der Waals surface area contributed by atoms with Gasteiger partial charge in [-0.05, 0) is 73.3 Å². The van der Waals surface area contributed by atoms with Crippen molar-refractivity contribution in [3.05, 3.63) is 59.1 Å². The first-order chi connectivity index (χ1) is 14.6. The molecule has 2 aromatic rings. The molecule has 4 rings (SSSR count). The number of thiocarbonyl (C=S) groups is 1. The van der Waals surface area contributed by atoms with Crippen molar-refractivity contribution in [1.82, 2.24) is 4.90 Å². The van der Waals surface area contributed by atoms with E-state index in [-0.39, 0.29) is 6.79 Å². The molecule has 1 unspecified atom stereocenters. The van der Waals surface area contributed by atoms with Crippen molar-refractivity contribution in [3.63, 3.8) is 0 Å². The average Bonchev–Trinajstić information content (AvgIpc) is 3.22. The van der Waals surface area contributed by atoms with Crippen LogP contribution in [-0.2, 0) is 6.54 Å². The zero-order valence-corrected chi connectivity index (χ0v) is 18.5. The summed E-state index contributed by atoms with van der Waals surface area (Å²) in [6.45, 7) is 1.81.